The number of aryl methyl sites for hydroxylation is 1. The molecular formula is C22H26N6O3S. The van der Waals surface area contributed by atoms with Crippen LogP contribution < -0.4 is 5.32 Å². The number of tetrazole rings is 1. The van der Waals surface area contributed by atoms with E-state index in [1.54, 1.807) is 12.1 Å². The van der Waals surface area contributed by atoms with Crippen molar-refractivity contribution in [3.8, 4) is 5.69 Å². The lowest BCUT2D eigenvalue weighted by atomic mass is 9.98. The third kappa shape index (κ3) is 5.03. The van der Waals surface area contributed by atoms with Gasteiger partial charge >= 0.3 is 0 Å². The van der Waals surface area contributed by atoms with Crippen LogP contribution in [0, 0.1) is 12.8 Å². The average molecular weight is 455 g/mol. The molecule has 0 radical (unpaired) electrons. The lowest BCUT2D eigenvalue weighted by molar-refractivity contribution is -0.126. The minimum Gasteiger partial charge on any atom is -0.355 e. The molecule has 10 heteroatoms. The molecule has 1 aliphatic rings. The van der Waals surface area contributed by atoms with Crippen molar-refractivity contribution >= 4 is 15.9 Å². The second-order valence-electron chi connectivity index (χ2n) is 7.98. The molecule has 1 amide bonds. The molecule has 0 saturated carbocycles. The molecule has 1 aliphatic heterocycles. The predicted octanol–water partition coefficient (Wildman–Crippen LogP) is 1.73. The third-order valence-electron chi connectivity index (χ3n) is 5.64. The molecule has 168 valence electrons. The summed E-state index contributed by atoms with van der Waals surface area (Å²) in [6, 6.07) is 14.6. The number of nitrogens with zero attached hydrogens (tertiary/aromatic N) is 5. The smallest absolute Gasteiger partial charge is 0.243 e. The largest absolute Gasteiger partial charge is 0.355 e. The van der Waals surface area contributed by atoms with E-state index in [4.69, 9.17) is 0 Å². The highest BCUT2D eigenvalue weighted by atomic mass is 32.2. The van der Waals surface area contributed by atoms with E-state index < -0.39 is 10.0 Å². The van der Waals surface area contributed by atoms with Crippen molar-refractivity contribution in [1.82, 2.24) is 29.8 Å². The molecule has 32 heavy (non-hydrogen) atoms. The average Bonchev–Trinajstić information content (AvgIpc) is 3.34. The standard InChI is InChI=1S/C22H26N6O3S/c1-17-4-2-5-18(14-17)11-12-23-22(29)19-6-3-13-27(15-19)32(30,31)21-9-7-20(8-10-21)28-16-24-25-26-28/h2,4-5,7-10,14,16,19H,3,6,11-13,15H2,1H3,(H,23,29)/t19-/m0/s1. The van der Waals surface area contributed by atoms with Gasteiger partial charge in [0.1, 0.15) is 6.33 Å². The van der Waals surface area contributed by atoms with Crippen molar-refractivity contribution in [2.75, 3.05) is 19.6 Å². The Bertz CT molecular complexity index is 1160. The number of carbonyl (C=O) groups is 1. The van der Waals surface area contributed by atoms with Gasteiger partial charge < -0.3 is 5.32 Å². The second-order valence-corrected chi connectivity index (χ2v) is 9.92. The number of nitrogens with one attached hydrogen (secondary N) is 1. The fraction of sp³-hybridized carbons (Fsp3) is 0.364. The Labute approximate surface area is 187 Å². The number of amides is 1. The topological polar surface area (TPSA) is 110 Å². The summed E-state index contributed by atoms with van der Waals surface area (Å²) >= 11 is 0. The monoisotopic (exact) mass is 454 g/mol. The summed E-state index contributed by atoms with van der Waals surface area (Å²) in [4.78, 5) is 12.9. The first-order valence-electron chi connectivity index (χ1n) is 10.6. The predicted molar refractivity (Wildman–Crippen MR) is 119 cm³/mol. The Morgan fingerprint density at radius 2 is 2.00 bits per heavy atom. The van der Waals surface area contributed by atoms with E-state index in [0.717, 1.165) is 6.42 Å². The zero-order valence-electron chi connectivity index (χ0n) is 17.9. The highest BCUT2D eigenvalue weighted by molar-refractivity contribution is 7.89. The number of piperidine rings is 1. The van der Waals surface area contributed by atoms with Crippen molar-refractivity contribution in [3.05, 3.63) is 66.0 Å². The molecule has 1 fully saturated rings. The van der Waals surface area contributed by atoms with Crippen LogP contribution in [0.15, 0.2) is 59.8 Å². The van der Waals surface area contributed by atoms with Crippen LogP contribution in [-0.2, 0) is 21.2 Å². The van der Waals surface area contributed by atoms with E-state index in [0.29, 0.717) is 31.6 Å². The summed E-state index contributed by atoms with van der Waals surface area (Å²) in [6.07, 6.45) is 3.52. The van der Waals surface area contributed by atoms with Crippen LogP contribution >= 0.6 is 0 Å². The van der Waals surface area contributed by atoms with Gasteiger partial charge in [0.25, 0.3) is 0 Å². The number of hydrogen-bond acceptors (Lipinski definition) is 6. The van der Waals surface area contributed by atoms with Gasteiger partial charge in [-0.05, 0) is 66.4 Å². The third-order valence-corrected chi connectivity index (χ3v) is 7.52. The molecular weight excluding hydrogens is 428 g/mol. The maximum Gasteiger partial charge on any atom is 0.243 e. The quantitative estimate of drug-likeness (QED) is 0.582. The van der Waals surface area contributed by atoms with E-state index in [-0.39, 0.29) is 23.3 Å². The van der Waals surface area contributed by atoms with Crippen molar-refractivity contribution in [1.29, 1.82) is 0 Å². The van der Waals surface area contributed by atoms with E-state index in [1.165, 1.54) is 38.6 Å². The number of carbonyl (C=O) groups excluding carboxylic acids is 1. The van der Waals surface area contributed by atoms with Gasteiger partial charge in [-0.2, -0.15) is 4.31 Å². The Morgan fingerprint density at radius 3 is 2.72 bits per heavy atom. The second kappa shape index (κ2) is 9.58. The van der Waals surface area contributed by atoms with E-state index >= 15 is 0 Å². The molecule has 0 bridgehead atoms. The zero-order valence-corrected chi connectivity index (χ0v) is 18.7. The van der Waals surface area contributed by atoms with Crippen molar-refractivity contribution in [2.24, 2.45) is 5.92 Å². The molecule has 1 N–H and O–H groups in total. The van der Waals surface area contributed by atoms with Gasteiger partial charge in [-0.25, -0.2) is 13.1 Å². The number of rotatable bonds is 7. The Balaban J connectivity index is 1.36. The van der Waals surface area contributed by atoms with Crippen LogP contribution in [0.2, 0.25) is 0 Å². The first kappa shape index (κ1) is 22.1. The number of aromatic nitrogens is 4. The van der Waals surface area contributed by atoms with Gasteiger partial charge in [0.2, 0.25) is 15.9 Å². The molecule has 1 aromatic heterocycles. The molecule has 2 aromatic carbocycles. The first-order valence-corrected chi connectivity index (χ1v) is 12.0. The minimum atomic E-state index is -3.69. The number of sulfonamides is 1. The maximum absolute atomic E-state index is 13.1. The first-order chi connectivity index (χ1) is 15.4. The SMILES string of the molecule is Cc1cccc(CCNC(=O)[C@H]2CCCN(S(=O)(=O)c3ccc(-n4cnnn4)cc3)C2)c1. The summed E-state index contributed by atoms with van der Waals surface area (Å²) in [6.45, 7) is 3.17. The van der Waals surface area contributed by atoms with E-state index in [2.05, 4.69) is 26.9 Å². The van der Waals surface area contributed by atoms with Crippen LogP contribution in [0.25, 0.3) is 5.69 Å². The lowest BCUT2D eigenvalue weighted by Crippen LogP contribution is -2.45. The molecule has 2 heterocycles. The number of hydrogen-bond donors (Lipinski definition) is 1. The Hall–Kier alpha value is -3.11. The van der Waals surface area contributed by atoms with Gasteiger partial charge in [0.05, 0.1) is 16.5 Å². The van der Waals surface area contributed by atoms with E-state index in [9.17, 15) is 13.2 Å². The lowest BCUT2D eigenvalue weighted by Gasteiger charge is -2.31. The van der Waals surface area contributed by atoms with Crippen molar-refractivity contribution in [2.45, 2.75) is 31.1 Å². The van der Waals surface area contributed by atoms with Crippen molar-refractivity contribution < 1.29 is 13.2 Å². The van der Waals surface area contributed by atoms with Gasteiger partial charge in [-0.15, -0.1) is 5.10 Å². The molecule has 0 aliphatic carbocycles. The van der Waals surface area contributed by atoms with Crippen LogP contribution in [0.5, 0.6) is 0 Å². The van der Waals surface area contributed by atoms with Gasteiger partial charge in [-0.1, -0.05) is 29.8 Å². The summed E-state index contributed by atoms with van der Waals surface area (Å²) in [7, 11) is -3.69. The number of benzene rings is 2. The molecule has 4 rings (SSSR count). The molecule has 3 aromatic rings. The summed E-state index contributed by atoms with van der Waals surface area (Å²) in [5, 5.41) is 13.9. The summed E-state index contributed by atoms with van der Waals surface area (Å²) in [5.74, 6) is -0.442. The zero-order chi connectivity index (χ0) is 22.6. The molecule has 1 saturated heterocycles. The van der Waals surface area contributed by atoms with Crippen LogP contribution in [-0.4, -0.2) is 58.5 Å². The van der Waals surface area contributed by atoms with E-state index in [1.807, 2.05) is 25.1 Å². The molecule has 0 spiro atoms. The molecule has 9 nitrogen and oxygen atoms in total. The molecule has 1 atom stereocenters. The highest BCUT2D eigenvalue weighted by Gasteiger charge is 2.33. The Morgan fingerprint density at radius 1 is 1.19 bits per heavy atom. The maximum atomic E-state index is 13.1. The highest BCUT2D eigenvalue weighted by Crippen LogP contribution is 2.24. The van der Waals surface area contributed by atoms with Crippen LogP contribution in [0.1, 0.15) is 24.0 Å². The van der Waals surface area contributed by atoms with Crippen LogP contribution in [0.4, 0.5) is 0 Å². The van der Waals surface area contributed by atoms with Crippen LogP contribution in [0.3, 0.4) is 0 Å². The fourth-order valence-electron chi connectivity index (χ4n) is 3.92. The molecule has 0 unspecified atom stereocenters. The van der Waals surface area contributed by atoms with Gasteiger partial charge in [0, 0.05) is 19.6 Å². The Kier molecular flexibility index (Phi) is 6.61. The summed E-state index contributed by atoms with van der Waals surface area (Å²) < 4.78 is 29.1. The van der Waals surface area contributed by atoms with Gasteiger partial charge in [0.15, 0.2) is 0 Å². The fourth-order valence-corrected chi connectivity index (χ4v) is 5.44. The van der Waals surface area contributed by atoms with Crippen molar-refractivity contribution in [3.63, 3.8) is 0 Å². The van der Waals surface area contributed by atoms with Gasteiger partial charge in [-0.3, -0.25) is 4.79 Å². The summed E-state index contributed by atoms with van der Waals surface area (Å²) in [5.41, 5.74) is 3.02. The minimum absolute atomic E-state index is 0.0911. The normalized spacial score (nSPS) is 17.2.